The van der Waals surface area contributed by atoms with Crippen LogP contribution in [0, 0.1) is 0 Å². The SMILES string of the molecule is CCc1ccc(C(N)c2ccn(-c3ccccc3)n2)cc1. The van der Waals surface area contributed by atoms with Gasteiger partial charge in [0.1, 0.15) is 0 Å². The molecule has 1 atom stereocenters. The third kappa shape index (κ3) is 2.88. The molecule has 3 aromatic rings. The highest BCUT2D eigenvalue weighted by molar-refractivity contribution is 5.33. The van der Waals surface area contributed by atoms with Gasteiger partial charge in [-0.15, -0.1) is 0 Å². The number of benzene rings is 2. The van der Waals surface area contributed by atoms with Crippen LogP contribution in [0.1, 0.15) is 29.8 Å². The van der Waals surface area contributed by atoms with Crippen LogP contribution in [0.4, 0.5) is 0 Å². The number of aromatic nitrogens is 2. The van der Waals surface area contributed by atoms with E-state index in [9.17, 15) is 0 Å². The van der Waals surface area contributed by atoms with Gasteiger partial charge in [-0.05, 0) is 35.7 Å². The molecular weight excluding hydrogens is 258 g/mol. The summed E-state index contributed by atoms with van der Waals surface area (Å²) in [5.74, 6) is 0. The Kier molecular flexibility index (Phi) is 3.84. The first-order valence-corrected chi connectivity index (χ1v) is 7.23. The smallest absolute Gasteiger partial charge is 0.0841 e. The zero-order valence-electron chi connectivity index (χ0n) is 12.1. The van der Waals surface area contributed by atoms with Crippen LogP contribution >= 0.6 is 0 Å². The van der Waals surface area contributed by atoms with E-state index in [0.717, 1.165) is 23.4 Å². The van der Waals surface area contributed by atoms with Crippen molar-refractivity contribution in [1.82, 2.24) is 9.78 Å². The average Bonchev–Trinajstić information content (AvgIpc) is 3.05. The van der Waals surface area contributed by atoms with Crippen LogP contribution in [0.15, 0.2) is 66.9 Å². The average molecular weight is 277 g/mol. The molecule has 2 N–H and O–H groups in total. The van der Waals surface area contributed by atoms with Crippen molar-refractivity contribution in [2.24, 2.45) is 5.73 Å². The topological polar surface area (TPSA) is 43.8 Å². The minimum atomic E-state index is -0.194. The van der Waals surface area contributed by atoms with Crippen LogP contribution < -0.4 is 5.73 Å². The number of aryl methyl sites for hydroxylation is 1. The van der Waals surface area contributed by atoms with Gasteiger partial charge >= 0.3 is 0 Å². The second kappa shape index (κ2) is 5.94. The Balaban J connectivity index is 1.85. The van der Waals surface area contributed by atoms with Crippen molar-refractivity contribution < 1.29 is 0 Å². The highest BCUT2D eigenvalue weighted by Crippen LogP contribution is 2.19. The van der Waals surface area contributed by atoms with Gasteiger partial charge < -0.3 is 5.73 Å². The summed E-state index contributed by atoms with van der Waals surface area (Å²) < 4.78 is 1.86. The first-order chi connectivity index (χ1) is 10.3. The highest BCUT2D eigenvalue weighted by Gasteiger charge is 2.12. The number of rotatable bonds is 4. The molecule has 0 aliphatic rings. The van der Waals surface area contributed by atoms with Crippen LogP contribution in [0.5, 0.6) is 0 Å². The van der Waals surface area contributed by atoms with E-state index in [1.165, 1.54) is 5.56 Å². The van der Waals surface area contributed by atoms with E-state index in [1.54, 1.807) is 0 Å². The van der Waals surface area contributed by atoms with E-state index in [0.29, 0.717) is 0 Å². The molecule has 0 fully saturated rings. The van der Waals surface area contributed by atoms with E-state index < -0.39 is 0 Å². The molecule has 0 spiro atoms. The first kappa shape index (κ1) is 13.6. The first-order valence-electron chi connectivity index (χ1n) is 7.23. The van der Waals surface area contributed by atoms with E-state index in [4.69, 9.17) is 5.73 Å². The lowest BCUT2D eigenvalue weighted by atomic mass is 10.0. The van der Waals surface area contributed by atoms with Crippen molar-refractivity contribution in [2.45, 2.75) is 19.4 Å². The summed E-state index contributed by atoms with van der Waals surface area (Å²) >= 11 is 0. The number of nitrogens with zero attached hydrogens (tertiary/aromatic N) is 2. The third-order valence-corrected chi connectivity index (χ3v) is 3.70. The highest BCUT2D eigenvalue weighted by atomic mass is 15.3. The molecule has 0 aliphatic heterocycles. The fourth-order valence-electron chi connectivity index (χ4n) is 2.36. The maximum Gasteiger partial charge on any atom is 0.0841 e. The Morgan fingerprint density at radius 3 is 2.38 bits per heavy atom. The maximum absolute atomic E-state index is 6.32. The summed E-state index contributed by atoms with van der Waals surface area (Å²) in [5, 5.41) is 4.59. The normalized spacial score (nSPS) is 12.3. The molecule has 0 saturated carbocycles. The molecule has 1 aromatic heterocycles. The van der Waals surface area contributed by atoms with Crippen LogP contribution in [0.25, 0.3) is 5.69 Å². The predicted molar refractivity (Wildman–Crippen MR) is 85.4 cm³/mol. The number of hydrogen-bond acceptors (Lipinski definition) is 2. The number of para-hydroxylation sites is 1. The molecule has 1 unspecified atom stereocenters. The van der Waals surface area contributed by atoms with Gasteiger partial charge in [-0.1, -0.05) is 49.4 Å². The zero-order valence-corrected chi connectivity index (χ0v) is 12.1. The van der Waals surface area contributed by atoms with E-state index in [1.807, 2.05) is 47.3 Å². The summed E-state index contributed by atoms with van der Waals surface area (Å²) in [6.45, 7) is 2.15. The summed E-state index contributed by atoms with van der Waals surface area (Å²) in [6, 6.07) is 20.3. The fourth-order valence-corrected chi connectivity index (χ4v) is 2.36. The van der Waals surface area contributed by atoms with Crippen LogP contribution in [0.3, 0.4) is 0 Å². The van der Waals surface area contributed by atoms with Gasteiger partial charge in [0.2, 0.25) is 0 Å². The van der Waals surface area contributed by atoms with Gasteiger partial charge in [-0.2, -0.15) is 5.10 Å². The molecule has 2 aromatic carbocycles. The minimum Gasteiger partial charge on any atom is -0.319 e. The lowest BCUT2D eigenvalue weighted by molar-refractivity contribution is 0.772. The quantitative estimate of drug-likeness (QED) is 0.793. The van der Waals surface area contributed by atoms with Crippen LogP contribution in [-0.2, 0) is 6.42 Å². The van der Waals surface area contributed by atoms with Crippen molar-refractivity contribution in [2.75, 3.05) is 0 Å². The molecule has 3 nitrogen and oxygen atoms in total. The molecule has 0 bridgehead atoms. The standard InChI is InChI=1S/C18H19N3/c1-2-14-8-10-15(11-9-14)18(19)17-12-13-21(20-17)16-6-4-3-5-7-16/h3-13,18H,2,19H2,1H3. The van der Waals surface area contributed by atoms with E-state index in [2.05, 4.69) is 36.3 Å². The van der Waals surface area contributed by atoms with E-state index >= 15 is 0 Å². The van der Waals surface area contributed by atoms with Gasteiger partial charge in [0.25, 0.3) is 0 Å². The Morgan fingerprint density at radius 1 is 1.00 bits per heavy atom. The molecule has 106 valence electrons. The molecule has 21 heavy (non-hydrogen) atoms. The largest absolute Gasteiger partial charge is 0.319 e. The summed E-state index contributed by atoms with van der Waals surface area (Å²) in [4.78, 5) is 0. The minimum absolute atomic E-state index is 0.194. The molecule has 0 saturated heterocycles. The second-order valence-electron chi connectivity index (χ2n) is 5.09. The van der Waals surface area contributed by atoms with Crippen LogP contribution in [0.2, 0.25) is 0 Å². The van der Waals surface area contributed by atoms with Gasteiger partial charge in [0.05, 0.1) is 17.4 Å². The second-order valence-corrected chi connectivity index (χ2v) is 5.09. The Labute approximate surface area is 125 Å². The zero-order chi connectivity index (χ0) is 14.7. The number of nitrogens with two attached hydrogens (primary N) is 1. The Hall–Kier alpha value is -2.39. The summed E-state index contributed by atoms with van der Waals surface area (Å²) in [6.07, 6.45) is 2.99. The van der Waals surface area contributed by atoms with Crippen LogP contribution in [-0.4, -0.2) is 9.78 Å². The third-order valence-electron chi connectivity index (χ3n) is 3.70. The van der Waals surface area contributed by atoms with Crippen molar-refractivity contribution in [1.29, 1.82) is 0 Å². The molecule has 0 radical (unpaired) electrons. The van der Waals surface area contributed by atoms with Gasteiger partial charge in [-0.25, -0.2) is 4.68 Å². The monoisotopic (exact) mass is 277 g/mol. The molecule has 0 amide bonds. The van der Waals surface area contributed by atoms with Crippen molar-refractivity contribution in [3.8, 4) is 5.69 Å². The van der Waals surface area contributed by atoms with E-state index in [-0.39, 0.29) is 6.04 Å². The Bertz CT molecular complexity index is 699. The molecule has 3 heteroatoms. The van der Waals surface area contributed by atoms with Gasteiger partial charge in [-0.3, -0.25) is 0 Å². The van der Waals surface area contributed by atoms with Gasteiger partial charge in [0, 0.05) is 6.20 Å². The molecule has 1 heterocycles. The molecule has 3 rings (SSSR count). The number of hydrogen-bond donors (Lipinski definition) is 1. The molecular formula is C18H19N3. The maximum atomic E-state index is 6.32. The Morgan fingerprint density at radius 2 is 1.71 bits per heavy atom. The summed E-state index contributed by atoms with van der Waals surface area (Å²) in [7, 11) is 0. The lowest BCUT2D eigenvalue weighted by Crippen LogP contribution is -2.13. The lowest BCUT2D eigenvalue weighted by Gasteiger charge is -2.10. The fraction of sp³-hybridized carbons (Fsp3) is 0.167. The van der Waals surface area contributed by atoms with Crippen molar-refractivity contribution in [3.63, 3.8) is 0 Å². The van der Waals surface area contributed by atoms with Crippen molar-refractivity contribution >= 4 is 0 Å². The summed E-state index contributed by atoms with van der Waals surface area (Å²) in [5.41, 5.74) is 10.6. The van der Waals surface area contributed by atoms with Gasteiger partial charge in [0.15, 0.2) is 0 Å². The van der Waals surface area contributed by atoms with Crippen molar-refractivity contribution in [3.05, 3.63) is 83.7 Å². The predicted octanol–water partition coefficient (Wildman–Crippen LogP) is 3.48. The molecule has 0 aliphatic carbocycles.